The molecule has 314 valence electrons. The van der Waals surface area contributed by atoms with Crippen molar-refractivity contribution in [3.63, 3.8) is 0 Å². The van der Waals surface area contributed by atoms with Gasteiger partial charge >= 0.3 is 178 Å². The van der Waals surface area contributed by atoms with Crippen LogP contribution in [-0.4, -0.2) is 91.7 Å². The minimum absolute atomic E-state index is 0. The van der Waals surface area contributed by atoms with Crippen LogP contribution in [0.15, 0.2) is 48.5 Å². The van der Waals surface area contributed by atoms with Crippen molar-refractivity contribution in [3.05, 3.63) is 79.9 Å². The minimum Gasteiger partial charge on any atom is -1.00 e. The number of nitrogens with zero attached hydrogens (tertiary/aromatic N) is 4. The molecule has 0 aromatic heterocycles. The number of carbonyl (C=O) groups is 5. The van der Waals surface area contributed by atoms with Gasteiger partial charge in [0.2, 0.25) is 0 Å². The van der Waals surface area contributed by atoms with E-state index in [4.69, 9.17) is 41.0 Å². The molecule has 1 N–H and O–H groups in total. The number of aliphatic carboxylic acids is 1. The molecule has 2 heterocycles. The van der Waals surface area contributed by atoms with E-state index in [0.717, 1.165) is 6.42 Å². The van der Waals surface area contributed by atoms with E-state index in [1.807, 2.05) is 0 Å². The predicted molar refractivity (Wildman–Crippen MR) is 193 cm³/mol. The number of hydrogen-bond donors (Lipinski definition) is 1. The van der Waals surface area contributed by atoms with Gasteiger partial charge in [0, 0.05) is 30.8 Å². The minimum atomic E-state index is -0.960. The Balaban J connectivity index is -0.000000248. The van der Waals surface area contributed by atoms with Gasteiger partial charge in [0.1, 0.15) is 29.9 Å². The fourth-order valence-electron chi connectivity index (χ4n) is 4.97. The number of benzene rings is 2. The first-order valence-electron chi connectivity index (χ1n) is 16.8. The Kier molecular flexibility index (Phi) is 37.4. The number of amides is 2. The summed E-state index contributed by atoms with van der Waals surface area (Å²) < 4.78 is 15.7. The van der Waals surface area contributed by atoms with Crippen LogP contribution in [0.2, 0.25) is 0 Å². The summed E-state index contributed by atoms with van der Waals surface area (Å²) in [6.07, 6.45) is 1.29. The van der Waals surface area contributed by atoms with Gasteiger partial charge in [-0.3, -0.25) is 34.8 Å². The predicted octanol–water partition coefficient (Wildman–Crippen LogP) is -6.60. The Morgan fingerprint density at radius 3 is 1.53 bits per heavy atom. The third-order valence-electron chi connectivity index (χ3n) is 7.25. The Morgan fingerprint density at radius 2 is 1.17 bits per heavy atom. The van der Waals surface area contributed by atoms with Gasteiger partial charge in [-0.1, -0.05) is 30.3 Å². The number of para-hydroxylation sites is 2. The molecule has 24 heteroatoms. The molecule has 2 unspecified atom stereocenters. The second-order valence-corrected chi connectivity index (χ2v) is 14.0. The van der Waals surface area contributed by atoms with Crippen molar-refractivity contribution in [2.75, 3.05) is 13.1 Å². The second-order valence-electron chi connectivity index (χ2n) is 13.7. The molecule has 0 spiro atoms. The number of nitro groups is 2. The summed E-state index contributed by atoms with van der Waals surface area (Å²) in [5.74, 6) is -1.36. The number of likely N-dealkylation sites (tertiary alicyclic amines) is 2. The topological polar surface area (TPSA) is 258 Å². The summed E-state index contributed by atoms with van der Waals surface area (Å²) >= 11 is 5.47. The Labute approximate surface area is 493 Å². The summed E-state index contributed by atoms with van der Waals surface area (Å²) in [6, 6.07) is 11.1. The van der Waals surface area contributed by atoms with Gasteiger partial charge in [-0.05, 0) is 73.3 Å². The zero-order chi connectivity index (χ0) is 41.9. The first kappa shape index (κ1) is 65.7. The number of esters is 1. The Bertz CT molecular complexity index is 1660. The second kappa shape index (κ2) is 33.6. The van der Waals surface area contributed by atoms with Gasteiger partial charge in [-0.2, -0.15) is 0 Å². The van der Waals surface area contributed by atoms with Crippen molar-refractivity contribution in [1.82, 2.24) is 9.80 Å². The van der Waals surface area contributed by atoms with Crippen molar-refractivity contribution in [3.8, 4) is 0 Å². The molecule has 0 radical (unpaired) electrons. The van der Waals surface area contributed by atoms with E-state index < -0.39 is 57.3 Å². The fourth-order valence-corrected chi connectivity index (χ4v) is 5.20. The number of hydrogen-bond acceptors (Lipinski definition) is 14. The number of carboxylic acids is 1. The maximum absolute atomic E-state index is 12.3. The molecule has 19 nitrogen and oxygen atoms in total. The number of nitro benzene ring substituents is 2. The molecule has 2 fully saturated rings. The largest absolute Gasteiger partial charge is 1.00 e. The van der Waals surface area contributed by atoms with Crippen LogP contribution in [0.4, 0.5) is 21.0 Å². The summed E-state index contributed by atoms with van der Waals surface area (Å²) in [6.45, 7) is 11.0. The SMILES string of the molecule is CC(C)(C)OC(=O)N1CCCC1C(=O)O.CC(C)(C)OC(=O)N1CCCC1C(=O)OCc1ccccc1[N+](=O)[O-].O=CO[O-].O=[N+]([O-])c1ccccc1CCl.[H-].[I-].[K+].[K+].[K+]. The van der Waals surface area contributed by atoms with Gasteiger partial charge in [0.05, 0.1) is 21.3 Å². The van der Waals surface area contributed by atoms with E-state index in [1.54, 1.807) is 71.9 Å². The number of carboxylic acid groups (broad SMARTS) is 1. The summed E-state index contributed by atoms with van der Waals surface area (Å²) in [7, 11) is 0. The average molecular weight is 1040 g/mol. The summed E-state index contributed by atoms with van der Waals surface area (Å²) in [4.78, 5) is 81.2. The molecule has 59 heavy (non-hydrogen) atoms. The molecule has 4 rings (SSSR count). The van der Waals surface area contributed by atoms with Crippen LogP contribution in [-0.2, 0) is 46.0 Å². The maximum atomic E-state index is 12.3. The van der Waals surface area contributed by atoms with E-state index in [2.05, 4.69) is 4.89 Å². The van der Waals surface area contributed by atoms with Crippen molar-refractivity contribution >= 4 is 53.6 Å². The van der Waals surface area contributed by atoms with Crippen LogP contribution in [0, 0.1) is 20.2 Å². The number of halogens is 2. The number of rotatable bonds is 8. The monoisotopic (exact) mass is 1040 g/mol. The van der Waals surface area contributed by atoms with Crippen molar-refractivity contribution < 1.29 is 243 Å². The number of carbonyl (C=O) groups excluding carboxylic acids is 4. The molecular formula is C35H47ClIK3N4O15. The smallest absolute Gasteiger partial charge is 1.00 e. The molecule has 2 saturated heterocycles. The standard InChI is InChI=1S/C17H22N2O6.C10H17NO4.C7H6ClNO2.CH2O3.HI.3K.H/c1-17(2,3)25-16(21)18-10-6-9-14(18)15(20)24-11-12-7-4-5-8-13(12)19(22)23;1-10(2,3)15-9(14)11-6-4-5-7(11)8(12)13;8-5-6-3-1-2-4-7(6)9(10)11;2-1-4-3;;;;;/h4-5,7-8,14H,6,9-11H2,1-3H3;7H,4-6H2,1-3H3,(H,12,13);1-4H,5H2;1,3H;1H;;;;/q;;;;;3*+1;-1/p-2. The van der Waals surface area contributed by atoms with Gasteiger partial charge in [0.15, 0.2) is 0 Å². The van der Waals surface area contributed by atoms with Gasteiger partial charge in [-0.25, -0.2) is 19.2 Å². The maximum Gasteiger partial charge on any atom is 1.00 e. The quantitative estimate of drug-likeness (QED) is 0.0297. The molecule has 0 aliphatic carbocycles. The summed E-state index contributed by atoms with van der Waals surface area (Å²) in [5.41, 5.74) is -0.392. The van der Waals surface area contributed by atoms with E-state index in [0.29, 0.717) is 43.5 Å². The Hall–Kier alpha value is 0.0791. The molecule has 2 amide bonds. The van der Waals surface area contributed by atoms with E-state index in [9.17, 15) is 39.4 Å². The Morgan fingerprint density at radius 1 is 0.797 bits per heavy atom. The third-order valence-corrected chi connectivity index (χ3v) is 7.54. The van der Waals surface area contributed by atoms with E-state index >= 15 is 0 Å². The van der Waals surface area contributed by atoms with Crippen LogP contribution in [0.5, 0.6) is 0 Å². The van der Waals surface area contributed by atoms with E-state index in [-0.39, 0.29) is 210 Å². The zero-order valence-electron chi connectivity index (χ0n) is 35.7. The molecule has 2 aliphatic rings. The van der Waals surface area contributed by atoms with Gasteiger partial charge < -0.3 is 54.9 Å². The average Bonchev–Trinajstić information content (AvgIpc) is 3.81. The fraction of sp³-hybridized carbons (Fsp3) is 0.514. The van der Waals surface area contributed by atoms with Crippen LogP contribution >= 0.6 is 11.6 Å². The zero-order valence-corrected chi connectivity index (χ0v) is 47.0. The first-order chi connectivity index (χ1) is 25.7. The van der Waals surface area contributed by atoms with Crippen molar-refractivity contribution in [2.24, 2.45) is 0 Å². The molecule has 2 aromatic carbocycles. The summed E-state index contributed by atoms with van der Waals surface area (Å²) in [5, 5.41) is 38.6. The van der Waals surface area contributed by atoms with Crippen LogP contribution in [0.3, 0.4) is 0 Å². The molecule has 0 saturated carbocycles. The third kappa shape index (κ3) is 25.8. The first-order valence-corrected chi connectivity index (χ1v) is 17.3. The molecular weight excluding hydrogens is 996 g/mol. The van der Waals surface area contributed by atoms with Crippen LogP contribution in [0.25, 0.3) is 0 Å². The normalized spacial score (nSPS) is 14.9. The van der Waals surface area contributed by atoms with Crippen LogP contribution in [0.1, 0.15) is 79.8 Å². The van der Waals surface area contributed by atoms with Gasteiger partial charge in [-0.15, -0.1) is 11.6 Å². The molecule has 2 atom stereocenters. The van der Waals surface area contributed by atoms with Gasteiger partial charge in [0.25, 0.3) is 17.8 Å². The number of alkyl halides is 1. The van der Waals surface area contributed by atoms with Crippen molar-refractivity contribution in [1.29, 1.82) is 0 Å². The molecule has 2 aromatic rings. The van der Waals surface area contributed by atoms with Crippen molar-refractivity contribution in [2.45, 2.75) is 103 Å². The number of ether oxygens (including phenoxy) is 3. The molecule has 2 aliphatic heterocycles. The van der Waals surface area contributed by atoms with Crippen LogP contribution < -0.4 is 183 Å². The van der Waals surface area contributed by atoms with E-state index in [1.165, 1.54) is 28.0 Å². The molecule has 0 bridgehead atoms.